The van der Waals surface area contributed by atoms with Crippen molar-refractivity contribution < 1.29 is 24.2 Å². The molecule has 0 amide bonds. The highest BCUT2D eigenvalue weighted by atomic mass is 28.4. The number of rotatable bonds is 3. The smallest absolute Gasteiger partial charge is 0.337 e. The molecule has 0 spiro atoms. The van der Waals surface area contributed by atoms with Crippen LogP contribution in [0.2, 0.25) is 18.1 Å². The largest absolute Gasteiger partial charge is 0.467 e. The van der Waals surface area contributed by atoms with E-state index in [1.165, 1.54) is 7.11 Å². The minimum atomic E-state index is -2.09. The summed E-state index contributed by atoms with van der Waals surface area (Å²) in [6, 6.07) is 0. The summed E-state index contributed by atoms with van der Waals surface area (Å²) >= 11 is 0. The Balaban J connectivity index is 2.97. The van der Waals surface area contributed by atoms with E-state index in [-0.39, 0.29) is 23.8 Å². The van der Waals surface area contributed by atoms with Crippen molar-refractivity contribution in [3.8, 4) is 0 Å². The van der Waals surface area contributed by atoms with Gasteiger partial charge in [0.05, 0.1) is 19.3 Å². The van der Waals surface area contributed by atoms with Gasteiger partial charge in [-0.2, -0.15) is 0 Å². The summed E-state index contributed by atoms with van der Waals surface area (Å²) in [6.07, 6.45) is -0.946. The second kappa shape index (κ2) is 5.99. The molecule has 0 radical (unpaired) electrons. The highest BCUT2D eigenvalue weighted by Gasteiger charge is 2.51. The summed E-state index contributed by atoms with van der Waals surface area (Å²) < 4.78 is 10.9. The van der Waals surface area contributed by atoms with Crippen molar-refractivity contribution in [3.05, 3.63) is 0 Å². The summed E-state index contributed by atoms with van der Waals surface area (Å²) in [7, 11) is -0.831. The Labute approximate surface area is 128 Å². The Hall–Kier alpha value is -0.433. The van der Waals surface area contributed by atoms with Crippen LogP contribution >= 0.6 is 0 Å². The third kappa shape index (κ3) is 3.86. The molecule has 2 N–H and O–H groups in total. The molecule has 0 aromatic rings. The van der Waals surface area contributed by atoms with Gasteiger partial charge in [-0.05, 0) is 30.5 Å². The van der Waals surface area contributed by atoms with Crippen LogP contribution in [0.3, 0.4) is 0 Å². The number of aliphatic hydroxyl groups excluding tert-OH is 1. The van der Waals surface area contributed by atoms with Crippen LogP contribution < -0.4 is 0 Å². The van der Waals surface area contributed by atoms with Gasteiger partial charge in [0.15, 0.2) is 13.9 Å². The van der Waals surface area contributed by atoms with Crippen LogP contribution in [0.1, 0.15) is 40.5 Å². The lowest BCUT2D eigenvalue weighted by Crippen LogP contribution is -2.57. The van der Waals surface area contributed by atoms with Gasteiger partial charge in [-0.3, -0.25) is 0 Å². The van der Waals surface area contributed by atoms with E-state index in [0.29, 0.717) is 0 Å². The monoisotopic (exact) mass is 318 g/mol. The highest BCUT2D eigenvalue weighted by Crippen LogP contribution is 2.42. The van der Waals surface area contributed by atoms with Gasteiger partial charge in [-0.15, -0.1) is 0 Å². The van der Waals surface area contributed by atoms with Gasteiger partial charge in [-0.1, -0.05) is 27.7 Å². The average Bonchev–Trinajstić information content (AvgIpc) is 2.32. The maximum Gasteiger partial charge on any atom is 0.337 e. The van der Waals surface area contributed by atoms with Gasteiger partial charge in [0.2, 0.25) is 0 Å². The zero-order chi connectivity index (χ0) is 16.6. The topological polar surface area (TPSA) is 76.0 Å². The van der Waals surface area contributed by atoms with Gasteiger partial charge in [0, 0.05) is 6.42 Å². The standard InChI is InChI=1S/C15H30O5Si/c1-10-8-15(18,13(17)19-5)9-11(12(10)16)20-21(6,7)14(2,3)4/h10-12,16,18H,8-9H2,1-7H3/t10-,11-,12+,15-/m1/s1. The fourth-order valence-electron chi connectivity index (χ4n) is 2.58. The number of carbonyl (C=O) groups excluding carboxylic acids is 1. The Morgan fingerprint density at radius 3 is 2.24 bits per heavy atom. The van der Waals surface area contributed by atoms with E-state index in [2.05, 4.69) is 33.9 Å². The quantitative estimate of drug-likeness (QED) is 0.615. The predicted molar refractivity (Wildman–Crippen MR) is 83.4 cm³/mol. The number of hydrogen-bond donors (Lipinski definition) is 2. The van der Waals surface area contributed by atoms with Gasteiger partial charge in [-0.25, -0.2) is 4.79 Å². The molecule has 0 bridgehead atoms. The first kappa shape index (κ1) is 18.6. The first-order valence-electron chi connectivity index (χ1n) is 7.51. The van der Waals surface area contributed by atoms with Gasteiger partial charge in [0.25, 0.3) is 0 Å². The second-order valence-electron chi connectivity index (χ2n) is 7.82. The molecule has 0 aromatic carbocycles. The van der Waals surface area contributed by atoms with Gasteiger partial charge in [0.1, 0.15) is 0 Å². The Bertz CT molecular complexity index is 390. The SMILES string of the molecule is COC(=O)[C@@]1(O)C[C@@H](C)[C@H](O)[C@H](O[Si](C)(C)C(C)(C)C)C1. The van der Waals surface area contributed by atoms with Crippen molar-refractivity contribution in [1.82, 2.24) is 0 Å². The lowest BCUT2D eigenvalue weighted by Gasteiger charge is -2.46. The van der Waals surface area contributed by atoms with Crippen molar-refractivity contribution in [1.29, 1.82) is 0 Å². The van der Waals surface area contributed by atoms with Gasteiger partial charge >= 0.3 is 5.97 Å². The third-order valence-electron chi connectivity index (χ3n) is 4.98. The molecule has 0 aliphatic heterocycles. The van der Waals surface area contributed by atoms with Crippen molar-refractivity contribution in [2.75, 3.05) is 7.11 Å². The van der Waals surface area contributed by atoms with Crippen LogP contribution in [0.25, 0.3) is 0 Å². The molecule has 5 nitrogen and oxygen atoms in total. The fraction of sp³-hybridized carbons (Fsp3) is 0.933. The maximum atomic E-state index is 11.9. The van der Waals surface area contributed by atoms with Crippen LogP contribution in [-0.2, 0) is 14.0 Å². The first-order valence-corrected chi connectivity index (χ1v) is 10.4. The highest BCUT2D eigenvalue weighted by molar-refractivity contribution is 6.74. The average molecular weight is 318 g/mol. The molecule has 1 fully saturated rings. The molecule has 4 atom stereocenters. The second-order valence-corrected chi connectivity index (χ2v) is 12.6. The maximum absolute atomic E-state index is 11.9. The molecule has 1 aliphatic rings. The molecule has 0 unspecified atom stereocenters. The van der Waals surface area contributed by atoms with Crippen LogP contribution in [0, 0.1) is 5.92 Å². The van der Waals surface area contributed by atoms with E-state index in [0.717, 1.165) is 0 Å². The molecular formula is C15H30O5Si. The third-order valence-corrected chi connectivity index (χ3v) is 9.48. The molecule has 0 aromatic heterocycles. The number of aliphatic hydroxyl groups is 2. The van der Waals surface area contributed by atoms with Crippen LogP contribution in [0.5, 0.6) is 0 Å². The van der Waals surface area contributed by atoms with Crippen LogP contribution in [0.4, 0.5) is 0 Å². The molecular weight excluding hydrogens is 288 g/mol. The normalized spacial score (nSPS) is 34.6. The van der Waals surface area contributed by atoms with Crippen LogP contribution in [0.15, 0.2) is 0 Å². The summed E-state index contributed by atoms with van der Waals surface area (Å²) in [5.74, 6) is -0.873. The summed E-state index contributed by atoms with van der Waals surface area (Å²) in [5, 5.41) is 20.9. The Morgan fingerprint density at radius 1 is 1.29 bits per heavy atom. The molecule has 1 aliphatic carbocycles. The number of carbonyl (C=O) groups is 1. The molecule has 0 saturated heterocycles. The van der Waals surface area contributed by atoms with E-state index in [1.54, 1.807) is 0 Å². The first-order chi connectivity index (χ1) is 9.34. The van der Waals surface area contributed by atoms with E-state index in [9.17, 15) is 15.0 Å². The lowest BCUT2D eigenvalue weighted by molar-refractivity contribution is -0.179. The molecule has 1 rings (SSSR count). The zero-order valence-electron chi connectivity index (χ0n) is 14.3. The summed E-state index contributed by atoms with van der Waals surface area (Å²) in [6.45, 7) is 12.4. The minimum absolute atomic E-state index is 0.00319. The molecule has 0 heterocycles. The van der Waals surface area contributed by atoms with E-state index < -0.39 is 32.1 Å². The Kier molecular flexibility index (Phi) is 5.31. The molecule has 1 saturated carbocycles. The number of ether oxygens (including phenoxy) is 1. The van der Waals surface area contributed by atoms with Crippen molar-refractivity contribution in [2.45, 2.75) is 76.5 Å². The summed E-state index contributed by atoms with van der Waals surface area (Å²) in [5.41, 5.74) is -1.57. The van der Waals surface area contributed by atoms with Crippen molar-refractivity contribution >= 4 is 14.3 Å². The van der Waals surface area contributed by atoms with Gasteiger partial charge < -0.3 is 19.4 Å². The van der Waals surface area contributed by atoms with E-state index in [1.807, 2.05) is 6.92 Å². The predicted octanol–water partition coefficient (Wildman–Crippen LogP) is 2.07. The Morgan fingerprint density at radius 2 is 1.81 bits per heavy atom. The zero-order valence-corrected chi connectivity index (χ0v) is 15.3. The lowest BCUT2D eigenvalue weighted by atomic mass is 9.75. The number of hydrogen-bond acceptors (Lipinski definition) is 5. The molecule has 21 heavy (non-hydrogen) atoms. The molecule has 124 valence electrons. The minimum Gasteiger partial charge on any atom is -0.467 e. The number of methoxy groups -OCH3 is 1. The van der Waals surface area contributed by atoms with Crippen molar-refractivity contribution in [3.63, 3.8) is 0 Å². The van der Waals surface area contributed by atoms with E-state index in [4.69, 9.17) is 9.16 Å². The van der Waals surface area contributed by atoms with E-state index >= 15 is 0 Å². The summed E-state index contributed by atoms with van der Waals surface area (Å²) in [4.78, 5) is 11.9. The fourth-order valence-corrected chi connectivity index (χ4v) is 3.91. The van der Waals surface area contributed by atoms with Crippen LogP contribution in [-0.4, -0.2) is 49.4 Å². The van der Waals surface area contributed by atoms with Crippen molar-refractivity contribution in [2.24, 2.45) is 5.92 Å². The molecule has 6 heteroatoms. The number of esters is 1.